The third-order valence-electron chi connectivity index (χ3n) is 5.25. The molecule has 5 N–H and O–H groups in total. The van der Waals surface area contributed by atoms with E-state index in [1.807, 2.05) is 0 Å². The van der Waals surface area contributed by atoms with E-state index in [1.165, 1.54) is 70.6 Å². The number of phosphoric ester groups is 1. The minimum atomic E-state index is -4.65. The van der Waals surface area contributed by atoms with Gasteiger partial charge in [0.15, 0.2) is 0 Å². The van der Waals surface area contributed by atoms with Crippen LogP contribution in [0.15, 0.2) is 0 Å². The van der Waals surface area contributed by atoms with Crippen molar-refractivity contribution in [3.63, 3.8) is 0 Å². The monoisotopic (exact) mass is 437 g/mol. The highest BCUT2D eigenvalue weighted by molar-refractivity contribution is 7.46. The first-order valence-corrected chi connectivity index (χ1v) is 13.0. The summed E-state index contributed by atoms with van der Waals surface area (Å²) in [4.78, 5) is 28.8. The van der Waals surface area contributed by atoms with Crippen molar-refractivity contribution >= 4 is 13.8 Å². The van der Waals surface area contributed by atoms with Crippen molar-refractivity contribution in [1.82, 2.24) is 0 Å². The molecule has 0 aliphatic heterocycles. The van der Waals surface area contributed by atoms with E-state index in [9.17, 15) is 9.36 Å². The largest absolute Gasteiger partial charge is 0.480 e. The summed E-state index contributed by atoms with van der Waals surface area (Å²) >= 11 is 0. The first kappa shape index (κ1) is 28.5. The first-order valence-electron chi connectivity index (χ1n) is 11.5. The molecule has 2 atom stereocenters. The quantitative estimate of drug-likeness (QED) is 0.137. The van der Waals surface area contributed by atoms with Gasteiger partial charge in [-0.05, 0) is 12.8 Å². The molecule has 29 heavy (non-hydrogen) atoms. The van der Waals surface area contributed by atoms with Gasteiger partial charge in [-0.1, -0.05) is 103 Å². The Hall–Kier alpha value is -0.460. The lowest BCUT2D eigenvalue weighted by atomic mass is 10.0. The van der Waals surface area contributed by atoms with Crippen molar-refractivity contribution in [2.24, 2.45) is 5.73 Å². The summed E-state index contributed by atoms with van der Waals surface area (Å²) in [5, 5.41) is 8.86. The summed E-state index contributed by atoms with van der Waals surface area (Å²) in [7, 11) is -4.65. The Bertz CT molecular complexity index is 443. The van der Waals surface area contributed by atoms with Crippen LogP contribution in [0.5, 0.6) is 0 Å². The van der Waals surface area contributed by atoms with Gasteiger partial charge in [-0.25, -0.2) is 4.57 Å². The summed E-state index contributed by atoms with van der Waals surface area (Å²) in [6, 6.07) is -1.18. The molecule has 174 valence electrons. The fraction of sp³-hybridized carbons (Fsp3) is 0.952. The molecule has 0 aromatic heterocycles. The maximum atomic E-state index is 11.0. The van der Waals surface area contributed by atoms with Crippen molar-refractivity contribution in [3.05, 3.63) is 0 Å². The highest BCUT2D eigenvalue weighted by Gasteiger charge is 2.26. The van der Waals surface area contributed by atoms with Crippen LogP contribution < -0.4 is 5.73 Å². The van der Waals surface area contributed by atoms with Crippen molar-refractivity contribution in [2.75, 3.05) is 0 Å². The average Bonchev–Trinajstić information content (AvgIpc) is 2.63. The van der Waals surface area contributed by atoms with E-state index in [0.29, 0.717) is 6.42 Å². The number of hydrogen-bond donors (Lipinski definition) is 4. The van der Waals surface area contributed by atoms with Crippen molar-refractivity contribution in [1.29, 1.82) is 0 Å². The fourth-order valence-corrected chi connectivity index (χ4v) is 4.12. The first-order chi connectivity index (χ1) is 13.8. The molecule has 0 saturated carbocycles. The molecule has 0 bridgehead atoms. The van der Waals surface area contributed by atoms with E-state index in [0.717, 1.165) is 25.7 Å². The number of rotatable bonds is 21. The van der Waals surface area contributed by atoms with E-state index < -0.39 is 25.9 Å². The van der Waals surface area contributed by atoms with Crippen molar-refractivity contribution in [3.8, 4) is 0 Å². The van der Waals surface area contributed by atoms with Gasteiger partial charge in [0.2, 0.25) is 0 Å². The Kier molecular flexibility index (Phi) is 18.0. The number of carbonyl (C=O) groups is 1. The molecule has 0 aromatic rings. The molecule has 0 spiro atoms. The van der Waals surface area contributed by atoms with Crippen molar-refractivity contribution < 1.29 is 28.8 Å². The number of unbranched alkanes of at least 4 members (excludes halogenated alkanes) is 14. The van der Waals surface area contributed by atoms with Gasteiger partial charge in [-0.3, -0.25) is 9.32 Å². The molecule has 0 aromatic carbocycles. The van der Waals surface area contributed by atoms with Crippen LogP contribution in [0.2, 0.25) is 0 Å². The summed E-state index contributed by atoms with van der Waals surface area (Å²) < 4.78 is 15.7. The number of nitrogens with two attached hydrogens (primary N) is 1. The lowest BCUT2D eigenvalue weighted by Gasteiger charge is -2.20. The Labute approximate surface area is 177 Å². The van der Waals surface area contributed by atoms with Gasteiger partial charge in [0.25, 0.3) is 0 Å². The van der Waals surface area contributed by atoms with E-state index in [4.69, 9.17) is 25.2 Å². The van der Waals surface area contributed by atoms with E-state index in [2.05, 4.69) is 6.92 Å². The zero-order chi connectivity index (χ0) is 22.0. The predicted octanol–water partition coefficient (Wildman–Crippen LogP) is 5.53. The normalized spacial score (nSPS) is 14.1. The molecule has 0 saturated heterocycles. The Balaban J connectivity index is 3.62. The topological polar surface area (TPSA) is 130 Å². The van der Waals surface area contributed by atoms with Crippen LogP contribution in [0.4, 0.5) is 0 Å². The van der Waals surface area contributed by atoms with Gasteiger partial charge in [0.05, 0.1) is 6.10 Å². The summed E-state index contributed by atoms with van der Waals surface area (Å²) in [6.07, 6.45) is 18.1. The standard InChI is InChI=1S/C21H44NO6P/c1-2-3-4-5-6-7-8-9-10-11-12-13-14-15-16-17-19(28-29(25,26)27)18-20(22)21(23)24/h19-20H,2-18,22H2,1H3,(H,23,24)(H2,25,26,27). The third kappa shape index (κ3) is 20.6. The number of carboxylic acids is 1. The predicted molar refractivity (Wildman–Crippen MR) is 117 cm³/mol. The lowest BCUT2D eigenvalue weighted by molar-refractivity contribution is -0.139. The highest BCUT2D eigenvalue weighted by Crippen LogP contribution is 2.39. The number of hydrogen-bond acceptors (Lipinski definition) is 4. The molecular formula is C21H44NO6P. The van der Waals surface area contributed by atoms with E-state index in [-0.39, 0.29) is 6.42 Å². The molecule has 2 unspecified atom stereocenters. The summed E-state index contributed by atoms with van der Waals surface area (Å²) in [6.45, 7) is 2.25. The molecule has 0 aliphatic carbocycles. The molecular weight excluding hydrogens is 393 g/mol. The molecule has 7 nitrogen and oxygen atoms in total. The van der Waals surface area contributed by atoms with Crippen LogP contribution in [-0.2, 0) is 13.9 Å². The maximum absolute atomic E-state index is 11.0. The van der Waals surface area contributed by atoms with Crippen LogP contribution in [0, 0.1) is 0 Å². The maximum Gasteiger partial charge on any atom is 0.469 e. The Morgan fingerprint density at radius 1 is 0.828 bits per heavy atom. The summed E-state index contributed by atoms with van der Waals surface area (Å²) in [5.41, 5.74) is 5.46. The molecule has 0 heterocycles. The molecule has 0 rings (SSSR count). The molecule has 8 heteroatoms. The molecule has 0 amide bonds. The third-order valence-corrected chi connectivity index (χ3v) is 5.82. The zero-order valence-corrected chi connectivity index (χ0v) is 19.2. The summed E-state index contributed by atoms with van der Waals surface area (Å²) in [5.74, 6) is -1.19. The van der Waals surface area contributed by atoms with E-state index >= 15 is 0 Å². The second-order valence-corrected chi connectivity index (χ2v) is 9.33. The van der Waals surface area contributed by atoms with Crippen LogP contribution in [0.25, 0.3) is 0 Å². The minimum absolute atomic E-state index is 0.0982. The van der Waals surface area contributed by atoms with Gasteiger partial charge in [0.1, 0.15) is 6.04 Å². The number of aliphatic carboxylic acids is 1. The van der Waals surface area contributed by atoms with Crippen LogP contribution in [0.3, 0.4) is 0 Å². The van der Waals surface area contributed by atoms with Crippen LogP contribution in [0.1, 0.15) is 116 Å². The second kappa shape index (κ2) is 18.3. The Morgan fingerprint density at radius 3 is 1.55 bits per heavy atom. The second-order valence-electron chi connectivity index (χ2n) is 8.14. The van der Waals surface area contributed by atoms with E-state index in [1.54, 1.807) is 0 Å². The molecule has 0 aliphatic rings. The van der Waals surface area contributed by atoms with Gasteiger partial charge < -0.3 is 20.6 Å². The highest BCUT2D eigenvalue weighted by atomic mass is 31.2. The van der Waals surface area contributed by atoms with Crippen LogP contribution >= 0.6 is 7.82 Å². The molecule has 0 radical (unpaired) electrons. The lowest BCUT2D eigenvalue weighted by Crippen LogP contribution is -2.34. The van der Waals surface area contributed by atoms with Gasteiger partial charge in [-0.2, -0.15) is 0 Å². The van der Waals surface area contributed by atoms with Gasteiger partial charge in [0, 0.05) is 0 Å². The average molecular weight is 438 g/mol. The van der Waals surface area contributed by atoms with Gasteiger partial charge >= 0.3 is 13.8 Å². The van der Waals surface area contributed by atoms with Crippen molar-refractivity contribution in [2.45, 2.75) is 128 Å². The number of phosphoric acid groups is 1. The van der Waals surface area contributed by atoms with Gasteiger partial charge in [-0.15, -0.1) is 0 Å². The minimum Gasteiger partial charge on any atom is -0.480 e. The zero-order valence-electron chi connectivity index (χ0n) is 18.3. The smallest absolute Gasteiger partial charge is 0.469 e. The SMILES string of the molecule is CCCCCCCCCCCCCCCCCC(CC(N)C(=O)O)OP(=O)(O)O. The van der Waals surface area contributed by atoms with Crippen LogP contribution in [-0.4, -0.2) is 33.0 Å². The number of carboxylic acid groups (broad SMARTS) is 1. The fourth-order valence-electron chi connectivity index (χ4n) is 3.54. The molecule has 0 fully saturated rings. The Morgan fingerprint density at radius 2 is 1.21 bits per heavy atom.